The molecule has 134 valence electrons. The van der Waals surface area contributed by atoms with E-state index in [2.05, 4.69) is 0 Å². The van der Waals surface area contributed by atoms with Gasteiger partial charge in [0.2, 0.25) is 5.91 Å². The fourth-order valence-electron chi connectivity index (χ4n) is 3.56. The average molecular weight is 343 g/mol. The highest BCUT2D eigenvalue weighted by Gasteiger charge is 2.32. The first-order valence-electron chi connectivity index (χ1n) is 8.84. The maximum absolute atomic E-state index is 13.0. The molecule has 2 aromatic rings. The summed E-state index contributed by atoms with van der Waals surface area (Å²) >= 11 is 0. The van der Waals surface area contributed by atoms with Gasteiger partial charge >= 0.3 is 6.03 Å². The highest BCUT2D eigenvalue weighted by atomic mass is 16.3. The van der Waals surface area contributed by atoms with Crippen LogP contribution in [-0.2, 0) is 4.79 Å². The number of fused-ring (bicyclic) bond motifs is 1. The van der Waals surface area contributed by atoms with E-state index in [-0.39, 0.29) is 17.9 Å². The molecule has 6 nitrogen and oxygen atoms in total. The van der Waals surface area contributed by atoms with Crippen molar-refractivity contribution in [1.29, 1.82) is 0 Å². The fraction of sp³-hybridized carbons (Fsp3) is 0.474. The van der Waals surface area contributed by atoms with E-state index in [4.69, 9.17) is 10.2 Å². The molecule has 25 heavy (non-hydrogen) atoms. The van der Waals surface area contributed by atoms with Crippen molar-refractivity contribution in [3.63, 3.8) is 0 Å². The molecule has 0 aliphatic carbocycles. The Balaban J connectivity index is 1.72. The lowest BCUT2D eigenvalue weighted by Crippen LogP contribution is -2.46. The third-order valence-corrected chi connectivity index (χ3v) is 5.10. The second-order valence-electron chi connectivity index (χ2n) is 6.59. The van der Waals surface area contributed by atoms with Crippen molar-refractivity contribution in [2.45, 2.75) is 32.7 Å². The Hall–Kier alpha value is -2.50. The number of nitrogens with zero attached hydrogens (tertiary/aromatic N) is 2. The molecule has 3 amide bonds. The molecule has 0 spiro atoms. The van der Waals surface area contributed by atoms with Crippen molar-refractivity contribution in [2.75, 3.05) is 19.6 Å². The molecular formula is C19H25N3O3. The van der Waals surface area contributed by atoms with Crippen LogP contribution in [-0.4, -0.2) is 41.4 Å². The predicted octanol–water partition coefficient (Wildman–Crippen LogP) is 3.13. The SMILES string of the molecule is CCN(C(=O)C1CCN(C(N)=O)CC1)[C@H](C)c1cc2ccccc2o1. The largest absolute Gasteiger partial charge is 0.459 e. The van der Waals surface area contributed by atoms with Gasteiger partial charge in [-0.1, -0.05) is 18.2 Å². The number of hydrogen-bond donors (Lipinski definition) is 1. The molecule has 1 aromatic carbocycles. The molecule has 0 bridgehead atoms. The molecule has 2 heterocycles. The lowest BCUT2D eigenvalue weighted by atomic mass is 9.94. The molecule has 6 heteroatoms. The van der Waals surface area contributed by atoms with Crippen LogP contribution in [0.25, 0.3) is 11.0 Å². The number of urea groups is 1. The number of furan rings is 1. The summed E-state index contributed by atoms with van der Waals surface area (Å²) < 4.78 is 5.94. The van der Waals surface area contributed by atoms with E-state index in [0.717, 1.165) is 16.7 Å². The fourth-order valence-corrected chi connectivity index (χ4v) is 3.56. The summed E-state index contributed by atoms with van der Waals surface area (Å²) in [6.07, 6.45) is 1.32. The van der Waals surface area contributed by atoms with E-state index in [1.165, 1.54) is 0 Å². The van der Waals surface area contributed by atoms with Crippen LogP contribution in [0.2, 0.25) is 0 Å². The third kappa shape index (κ3) is 3.48. The van der Waals surface area contributed by atoms with Crippen LogP contribution in [0.4, 0.5) is 4.79 Å². The minimum absolute atomic E-state index is 0.0672. The van der Waals surface area contributed by atoms with Gasteiger partial charge in [0.1, 0.15) is 11.3 Å². The van der Waals surface area contributed by atoms with Crippen molar-refractivity contribution in [3.8, 4) is 0 Å². The first kappa shape index (κ1) is 17.3. The Morgan fingerprint density at radius 2 is 2.00 bits per heavy atom. The topological polar surface area (TPSA) is 79.8 Å². The second kappa shape index (κ2) is 7.17. The van der Waals surface area contributed by atoms with Gasteiger partial charge in [0.25, 0.3) is 0 Å². The number of rotatable bonds is 4. The molecule has 1 aliphatic rings. The van der Waals surface area contributed by atoms with E-state index >= 15 is 0 Å². The molecule has 1 saturated heterocycles. The molecular weight excluding hydrogens is 318 g/mol. The van der Waals surface area contributed by atoms with E-state index in [0.29, 0.717) is 32.5 Å². The van der Waals surface area contributed by atoms with Gasteiger partial charge in [-0.05, 0) is 38.8 Å². The first-order chi connectivity index (χ1) is 12.0. The van der Waals surface area contributed by atoms with Crippen LogP contribution in [0.15, 0.2) is 34.7 Å². The molecule has 3 rings (SSSR count). The number of para-hydroxylation sites is 1. The predicted molar refractivity (Wildman–Crippen MR) is 95.9 cm³/mol. The summed E-state index contributed by atoms with van der Waals surface area (Å²) in [5.41, 5.74) is 6.15. The van der Waals surface area contributed by atoms with Crippen molar-refractivity contribution in [2.24, 2.45) is 11.7 Å². The number of carbonyl (C=O) groups is 2. The van der Waals surface area contributed by atoms with Gasteiger partial charge in [-0.2, -0.15) is 0 Å². The number of primary amides is 1. The van der Waals surface area contributed by atoms with Crippen LogP contribution < -0.4 is 5.73 Å². The van der Waals surface area contributed by atoms with E-state index in [1.54, 1.807) is 4.90 Å². The number of amides is 3. The molecule has 0 saturated carbocycles. The third-order valence-electron chi connectivity index (χ3n) is 5.10. The van der Waals surface area contributed by atoms with Crippen molar-refractivity contribution < 1.29 is 14.0 Å². The lowest BCUT2D eigenvalue weighted by Gasteiger charge is -2.35. The Kier molecular flexibility index (Phi) is 4.97. The molecule has 0 unspecified atom stereocenters. The van der Waals surface area contributed by atoms with Gasteiger partial charge in [-0.25, -0.2) is 4.79 Å². The normalized spacial score (nSPS) is 16.8. The molecule has 1 aromatic heterocycles. The van der Waals surface area contributed by atoms with Crippen LogP contribution in [0.5, 0.6) is 0 Å². The summed E-state index contributed by atoms with van der Waals surface area (Å²) in [5, 5.41) is 1.04. The summed E-state index contributed by atoms with van der Waals surface area (Å²) in [4.78, 5) is 27.7. The zero-order valence-electron chi connectivity index (χ0n) is 14.8. The van der Waals surface area contributed by atoms with E-state index < -0.39 is 6.03 Å². The number of likely N-dealkylation sites (tertiary alicyclic amines) is 1. The molecule has 1 fully saturated rings. The minimum atomic E-state index is -0.408. The van der Waals surface area contributed by atoms with Gasteiger partial charge in [0.05, 0.1) is 6.04 Å². The number of piperidine rings is 1. The van der Waals surface area contributed by atoms with Gasteiger partial charge in [0, 0.05) is 30.9 Å². The van der Waals surface area contributed by atoms with Gasteiger partial charge < -0.3 is 20.0 Å². The standard InChI is InChI=1S/C19H25N3O3/c1-3-22(18(23)14-8-10-21(11-9-14)19(20)24)13(2)17-12-15-6-4-5-7-16(15)25-17/h4-7,12-14H,3,8-11H2,1-2H3,(H2,20,24)/t13-/m1/s1. The lowest BCUT2D eigenvalue weighted by molar-refractivity contribution is -0.139. The maximum Gasteiger partial charge on any atom is 0.314 e. The van der Waals surface area contributed by atoms with Crippen molar-refractivity contribution in [1.82, 2.24) is 9.80 Å². The molecule has 1 atom stereocenters. The highest BCUT2D eigenvalue weighted by molar-refractivity contribution is 5.81. The van der Waals surface area contributed by atoms with Gasteiger partial charge in [0.15, 0.2) is 0 Å². The highest BCUT2D eigenvalue weighted by Crippen LogP contribution is 2.30. The van der Waals surface area contributed by atoms with Crippen LogP contribution in [0.1, 0.15) is 38.5 Å². The Morgan fingerprint density at radius 3 is 2.60 bits per heavy atom. The number of benzene rings is 1. The zero-order valence-corrected chi connectivity index (χ0v) is 14.8. The number of nitrogens with two attached hydrogens (primary N) is 1. The smallest absolute Gasteiger partial charge is 0.314 e. The molecule has 0 radical (unpaired) electrons. The van der Waals surface area contributed by atoms with Crippen LogP contribution in [0.3, 0.4) is 0 Å². The summed E-state index contributed by atoms with van der Waals surface area (Å²) in [6, 6.07) is 9.33. The van der Waals surface area contributed by atoms with Crippen LogP contribution in [0, 0.1) is 5.92 Å². The quantitative estimate of drug-likeness (QED) is 0.926. The Bertz CT molecular complexity index is 729. The molecule has 2 N–H and O–H groups in total. The number of hydrogen-bond acceptors (Lipinski definition) is 3. The summed E-state index contributed by atoms with van der Waals surface area (Å²) in [5.74, 6) is 0.855. The zero-order chi connectivity index (χ0) is 18.0. The molecule has 1 aliphatic heterocycles. The van der Waals surface area contributed by atoms with Crippen LogP contribution >= 0.6 is 0 Å². The van der Waals surface area contributed by atoms with Crippen molar-refractivity contribution >= 4 is 22.9 Å². The van der Waals surface area contributed by atoms with Gasteiger partial charge in [-0.15, -0.1) is 0 Å². The van der Waals surface area contributed by atoms with Gasteiger partial charge in [-0.3, -0.25) is 4.79 Å². The second-order valence-corrected chi connectivity index (χ2v) is 6.59. The van der Waals surface area contributed by atoms with Crippen molar-refractivity contribution in [3.05, 3.63) is 36.1 Å². The number of carbonyl (C=O) groups excluding carboxylic acids is 2. The summed E-state index contributed by atoms with van der Waals surface area (Å²) in [6.45, 7) is 5.69. The Morgan fingerprint density at radius 1 is 1.32 bits per heavy atom. The van der Waals surface area contributed by atoms with E-state index in [1.807, 2.05) is 49.1 Å². The summed E-state index contributed by atoms with van der Waals surface area (Å²) in [7, 11) is 0. The first-order valence-corrected chi connectivity index (χ1v) is 8.84. The average Bonchev–Trinajstić information content (AvgIpc) is 3.06. The minimum Gasteiger partial charge on any atom is -0.459 e. The maximum atomic E-state index is 13.0. The Labute approximate surface area is 147 Å². The monoisotopic (exact) mass is 343 g/mol. The van der Waals surface area contributed by atoms with E-state index in [9.17, 15) is 9.59 Å².